The molecule has 0 bridgehead atoms. The van der Waals surface area contributed by atoms with E-state index in [0.717, 1.165) is 22.7 Å². The molecule has 1 amide bonds. The molecule has 0 aliphatic heterocycles. The molecular formula is C13H17BrN2O3S. The van der Waals surface area contributed by atoms with Crippen LogP contribution in [0.4, 0.5) is 0 Å². The van der Waals surface area contributed by atoms with Gasteiger partial charge in [0.15, 0.2) is 0 Å². The van der Waals surface area contributed by atoms with Crippen LogP contribution in [0.3, 0.4) is 0 Å². The molecule has 2 rings (SSSR count). The lowest BCUT2D eigenvalue weighted by Gasteiger charge is -2.05. The van der Waals surface area contributed by atoms with E-state index >= 15 is 0 Å². The van der Waals surface area contributed by atoms with E-state index in [2.05, 4.69) is 26.0 Å². The number of benzene rings is 1. The standard InChI is InChI=1S/C13H17BrN2O3S/c1-20(18,19)16-6-5-15-13(17)12-8-11(12)9-3-2-4-10(14)7-9/h2-4,7,11-12,16H,5-6,8H2,1H3,(H,15,17)/t11-,12-/m0/s1. The number of hydrogen-bond donors (Lipinski definition) is 2. The van der Waals surface area contributed by atoms with Gasteiger partial charge in [0.1, 0.15) is 0 Å². The van der Waals surface area contributed by atoms with Gasteiger partial charge in [0.25, 0.3) is 0 Å². The highest BCUT2D eigenvalue weighted by Crippen LogP contribution is 2.47. The smallest absolute Gasteiger partial charge is 0.223 e. The summed E-state index contributed by atoms with van der Waals surface area (Å²) in [5.41, 5.74) is 1.16. The van der Waals surface area contributed by atoms with Crippen LogP contribution in [0.2, 0.25) is 0 Å². The third kappa shape index (κ3) is 4.57. The van der Waals surface area contributed by atoms with Crippen molar-refractivity contribution in [3.05, 3.63) is 34.3 Å². The Balaban J connectivity index is 1.76. The zero-order chi connectivity index (χ0) is 14.8. The Labute approximate surface area is 127 Å². The Hall–Kier alpha value is -0.920. The molecule has 0 heterocycles. The summed E-state index contributed by atoms with van der Waals surface area (Å²) in [5.74, 6) is 0.267. The van der Waals surface area contributed by atoms with Crippen molar-refractivity contribution in [3.63, 3.8) is 0 Å². The predicted octanol–water partition coefficient (Wildman–Crippen LogP) is 1.22. The van der Waals surface area contributed by atoms with Gasteiger partial charge in [-0.15, -0.1) is 0 Å². The average molecular weight is 361 g/mol. The number of carbonyl (C=O) groups excluding carboxylic acids is 1. The van der Waals surface area contributed by atoms with Gasteiger partial charge in [-0.3, -0.25) is 4.79 Å². The predicted molar refractivity (Wildman–Crippen MR) is 80.8 cm³/mol. The average Bonchev–Trinajstić information content (AvgIpc) is 3.13. The van der Waals surface area contributed by atoms with Crippen LogP contribution in [-0.4, -0.2) is 33.7 Å². The Morgan fingerprint density at radius 3 is 2.80 bits per heavy atom. The number of halogens is 1. The van der Waals surface area contributed by atoms with Crippen LogP contribution in [0.1, 0.15) is 17.9 Å². The molecule has 0 saturated heterocycles. The lowest BCUT2D eigenvalue weighted by Crippen LogP contribution is -2.35. The Morgan fingerprint density at radius 1 is 1.40 bits per heavy atom. The molecule has 1 aromatic carbocycles. The quantitative estimate of drug-likeness (QED) is 0.748. The fourth-order valence-electron chi connectivity index (χ4n) is 2.14. The number of nitrogens with one attached hydrogen (secondary N) is 2. The van der Waals surface area contributed by atoms with Crippen molar-refractivity contribution in [1.29, 1.82) is 0 Å². The maximum atomic E-state index is 11.9. The van der Waals surface area contributed by atoms with Crippen LogP contribution in [-0.2, 0) is 14.8 Å². The van der Waals surface area contributed by atoms with Crippen molar-refractivity contribution in [3.8, 4) is 0 Å². The van der Waals surface area contributed by atoms with Crippen molar-refractivity contribution in [2.45, 2.75) is 12.3 Å². The van der Waals surface area contributed by atoms with Crippen molar-refractivity contribution in [2.24, 2.45) is 5.92 Å². The maximum absolute atomic E-state index is 11.9. The highest BCUT2D eigenvalue weighted by Gasteiger charge is 2.43. The summed E-state index contributed by atoms with van der Waals surface area (Å²) < 4.78 is 25.1. The normalized spacial score (nSPS) is 21.5. The first kappa shape index (κ1) is 15.5. The molecule has 0 spiro atoms. The molecule has 0 unspecified atom stereocenters. The number of sulfonamides is 1. The summed E-state index contributed by atoms with van der Waals surface area (Å²) in [6.45, 7) is 0.534. The highest BCUT2D eigenvalue weighted by atomic mass is 79.9. The largest absolute Gasteiger partial charge is 0.355 e. The fraction of sp³-hybridized carbons (Fsp3) is 0.462. The SMILES string of the molecule is CS(=O)(=O)NCCNC(=O)[C@H]1C[C@H]1c1cccc(Br)c1. The summed E-state index contributed by atoms with van der Waals surface area (Å²) in [6.07, 6.45) is 1.95. The molecule has 0 aromatic heterocycles. The molecule has 1 aliphatic rings. The minimum absolute atomic E-state index is 0.00235. The second kappa shape index (κ2) is 6.24. The van der Waals surface area contributed by atoms with Crippen LogP contribution < -0.4 is 10.0 Å². The molecule has 20 heavy (non-hydrogen) atoms. The zero-order valence-electron chi connectivity index (χ0n) is 11.1. The van der Waals surface area contributed by atoms with E-state index in [9.17, 15) is 13.2 Å². The second-order valence-corrected chi connectivity index (χ2v) is 7.71. The lowest BCUT2D eigenvalue weighted by atomic mass is 10.1. The minimum atomic E-state index is -3.19. The summed E-state index contributed by atoms with van der Waals surface area (Å²) >= 11 is 3.42. The Bertz CT molecular complexity index is 603. The van der Waals surface area contributed by atoms with Gasteiger partial charge in [-0.05, 0) is 30.0 Å². The van der Waals surface area contributed by atoms with E-state index in [1.165, 1.54) is 0 Å². The van der Waals surface area contributed by atoms with E-state index in [1.807, 2.05) is 24.3 Å². The van der Waals surface area contributed by atoms with E-state index in [1.54, 1.807) is 0 Å². The summed E-state index contributed by atoms with van der Waals surface area (Å²) in [5, 5.41) is 2.75. The van der Waals surface area contributed by atoms with Crippen molar-refractivity contribution in [2.75, 3.05) is 19.3 Å². The number of carbonyl (C=O) groups is 1. The van der Waals surface area contributed by atoms with E-state index in [0.29, 0.717) is 6.54 Å². The first-order chi connectivity index (χ1) is 9.37. The van der Waals surface area contributed by atoms with Crippen LogP contribution in [0.25, 0.3) is 0 Å². The van der Waals surface area contributed by atoms with Gasteiger partial charge in [-0.25, -0.2) is 13.1 Å². The van der Waals surface area contributed by atoms with Crippen LogP contribution in [0.15, 0.2) is 28.7 Å². The monoisotopic (exact) mass is 360 g/mol. The highest BCUT2D eigenvalue weighted by molar-refractivity contribution is 9.10. The molecule has 5 nitrogen and oxygen atoms in total. The molecule has 1 aromatic rings. The first-order valence-electron chi connectivity index (χ1n) is 6.34. The molecule has 2 atom stereocenters. The van der Waals surface area contributed by atoms with Crippen LogP contribution >= 0.6 is 15.9 Å². The fourth-order valence-corrected chi connectivity index (χ4v) is 3.03. The molecule has 1 saturated carbocycles. The van der Waals surface area contributed by atoms with E-state index in [4.69, 9.17) is 0 Å². The molecule has 2 N–H and O–H groups in total. The van der Waals surface area contributed by atoms with Gasteiger partial charge in [0.05, 0.1) is 6.26 Å². The van der Waals surface area contributed by atoms with Gasteiger partial charge in [0, 0.05) is 23.5 Å². The summed E-state index contributed by atoms with van der Waals surface area (Å²) in [6, 6.07) is 7.97. The number of hydrogen-bond acceptors (Lipinski definition) is 3. The van der Waals surface area contributed by atoms with E-state index in [-0.39, 0.29) is 24.3 Å². The third-order valence-electron chi connectivity index (χ3n) is 3.19. The summed E-state index contributed by atoms with van der Waals surface area (Å²) in [7, 11) is -3.19. The van der Waals surface area contributed by atoms with Crippen molar-refractivity contribution in [1.82, 2.24) is 10.0 Å². The topological polar surface area (TPSA) is 75.3 Å². The molecule has 110 valence electrons. The maximum Gasteiger partial charge on any atom is 0.223 e. The molecule has 1 fully saturated rings. The molecule has 1 aliphatic carbocycles. The molecular weight excluding hydrogens is 344 g/mol. The van der Waals surface area contributed by atoms with Gasteiger partial charge >= 0.3 is 0 Å². The van der Waals surface area contributed by atoms with Gasteiger partial charge in [-0.2, -0.15) is 0 Å². The minimum Gasteiger partial charge on any atom is -0.355 e. The van der Waals surface area contributed by atoms with Crippen LogP contribution in [0, 0.1) is 5.92 Å². The van der Waals surface area contributed by atoms with Crippen molar-refractivity contribution >= 4 is 31.9 Å². The number of amides is 1. The Kier molecular flexibility index (Phi) is 4.82. The van der Waals surface area contributed by atoms with E-state index < -0.39 is 10.0 Å². The number of rotatable bonds is 6. The van der Waals surface area contributed by atoms with Crippen molar-refractivity contribution < 1.29 is 13.2 Å². The van der Waals surface area contributed by atoms with Crippen LogP contribution in [0.5, 0.6) is 0 Å². The first-order valence-corrected chi connectivity index (χ1v) is 9.03. The van der Waals surface area contributed by atoms with Gasteiger partial charge in [-0.1, -0.05) is 28.1 Å². The molecule has 7 heteroatoms. The van der Waals surface area contributed by atoms with Gasteiger partial charge < -0.3 is 5.32 Å². The Morgan fingerprint density at radius 2 is 2.15 bits per heavy atom. The molecule has 0 radical (unpaired) electrons. The summed E-state index contributed by atoms with van der Waals surface area (Å²) in [4.78, 5) is 11.9. The zero-order valence-corrected chi connectivity index (χ0v) is 13.5. The lowest BCUT2D eigenvalue weighted by molar-refractivity contribution is -0.122. The van der Waals surface area contributed by atoms with Gasteiger partial charge in [0.2, 0.25) is 15.9 Å². The third-order valence-corrected chi connectivity index (χ3v) is 4.41. The second-order valence-electron chi connectivity index (χ2n) is 4.96.